The number of anilines is 1. The van der Waals surface area contributed by atoms with Crippen LogP contribution in [0.2, 0.25) is 0 Å². The first kappa shape index (κ1) is 11.8. The standard InChI is InChI=1S/C14H15N3O2/c18-14(12-4-3-9-19-12)16-11-6-8-17(10-11)13-5-1-2-7-15-13/h1-5,7,9,11H,6,8,10H2,(H,16,18)/t11-/m0/s1. The van der Waals surface area contributed by atoms with Gasteiger partial charge in [0.2, 0.25) is 0 Å². The van der Waals surface area contributed by atoms with E-state index in [1.54, 1.807) is 18.3 Å². The number of nitrogens with zero attached hydrogens (tertiary/aromatic N) is 2. The van der Waals surface area contributed by atoms with Crippen molar-refractivity contribution >= 4 is 11.7 Å². The highest BCUT2D eigenvalue weighted by Gasteiger charge is 2.25. The van der Waals surface area contributed by atoms with Crippen LogP contribution in [0, 0.1) is 0 Å². The number of aromatic nitrogens is 1. The lowest BCUT2D eigenvalue weighted by atomic mass is 10.2. The first-order chi connectivity index (χ1) is 9.33. The van der Waals surface area contributed by atoms with Crippen LogP contribution in [0.25, 0.3) is 0 Å². The van der Waals surface area contributed by atoms with Crippen LogP contribution in [0.5, 0.6) is 0 Å². The maximum absolute atomic E-state index is 11.9. The van der Waals surface area contributed by atoms with Gasteiger partial charge >= 0.3 is 0 Å². The van der Waals surface area contributed by atoms with Gasteiger partial charge in [-0.1, -0.05) is 6.07 Å². The van der Waals surface area contributed by atoms with Crippen molar-refractivity contribution in [3.63, 3.8) is 0 Å². The molecule has 1 aliphatic heterocycles. The minimum atomic E-state index is -0.155. The van der Waals surface area contributed by atoms with Crippen molar-refractivity contribution in [3.8, 4) is 0 Å². The summed E-state index contributed by atoms with van der Waals surface area (Å²) in [5.74, 6) is 1.16. The van der Waals surface area contributed by atoms with Gasteiger partial charge in [0.1, 0.15) is 5.82 Å². The summed E-state index contributed by atoms with van der Waals surface area (Å²) in [5.41, 5.74) is 0. The van der Waals surface area contributed by atoms with E-state index in [9.17, 15) is 4.79 Å². The number of hydrogen-bond donors (Lipinski definition) is 1. The van der Waals surface area contributed by atoms with E-state index in [-0.39, 0.29) is 11.9 Å². The topological polar surface area (TPSA) is 58.4 Å². The van der Waals surface area contributed by atoms with Gasteiger partial charge in [-0.05, 0) is 30.7 Å². The highest BCUT2D eigenvalue weighted by atomic mass is 16.3. The molecule has 5 nitrogen and oxygen atoms in total. The maximum atomic E-state index is 11.9. The molecule has 0 spiro atoms. The van der Waals surface area contributed by atoms with E-state index in [1.165, 1.54) is 6.26 Å². The summed E-state index contributed by atoms with van der Waals surface area (Å²) in [4.78, 5) is 18.4. The van der Waals surface area contributed by atoms with Crippen molar-refractivity contribution in [2.45, 2.75) is 12.5 Å². The van der Waals surface area contributed by atoms with Crippen LogP contribution in [-0.2, 0) is 0 Å². The average Bonchev–Trinajstić information content (AvgIpc) is 3.11. The van der Waals surface area contributed by atoms with Crippen LogP contribution in [0.15, 0.2) is 47.2 Å². The van der Waals surface area contributed by atoms with Crippen molar-refractivity contribution < 1.29 is 9.21 Å². The summed E-state index contributed by atoms with van der Waals surface area (Å²) in [6, 6.07) is 9.37. The molecular formula is C14H15N3O2. The lowest BCUT2D eigenvalue weighted by Crippen LogP contribution is -2.37. The lowest BCUT2D eigenvalue weighted by molar-refractivity contribution is 0.0912. The number of amides is 1. The Kier molecular flexibility index (Phi) is 3.18. The van der Waals surface area contributed by atoms with Crippen molar-refractivity contribution in [1.82, 2.24) is 10.3 Å². The Morgan fingerprint density at radius 3 is 3.05 bits per heavy atom. The van der Waals surface area contributed by atoms with E-state index in [1.807, 2.05) is 18.2 Å². The summed E-state index contributed by atoms with van der Waals surface area (Å²) < 4.78 is 5.08. The number of furan rings is 1. The molecule has 1 aliphatic rings. The van der Waals surface area contributed by atoms with Gasteiger partial charge in [0.05, 0.1) is 6.26 Å². The SMILES string of the molecule is O=C(N[C@H]1CCN(c2ccccn2)C1)c1ccco1. The number of rotatable bonds is 3. The third-order valence-electron chi connectivity index (χ3n) is 3.24. The molecule has 3 heterocycles. The predicted octanol–water partition coefficient (Wildman–Crippen LogP) is 1.68. The zero-order valence-corrected chi connectivity index (χ0v) is 10.5. The average molecular weight is 257 g/mol. The fourth-order valence-electron chi connectivity index (χ4n) is 2.29. The largest absolute Gasteiger partial charge is 0.459 e. The van der Waals surface area contributed by atoms with Crippen molar-refractivity contribution in [3.05, 3.63) is 48.6 Å². The molecule has 0 radical (unpaired) electrons. The minimum absolute atomic E-state index is 0.139. The molecule has 0 bridgehead atoms. The fourth-order valence-corrected chi connectivity index (χ4v) is 2.29. The Morgan fingerprint density at radius 2 is 2.32 bits per heavy atom. The molecule has 3 rings (SSSR count). The summed E-state index contributed by atoms with van der Waals surface area (Å²) in [6.07, 6.45) is 4.21. The zero-order chi connectivity index (χ0) is 13.1. The second-order valence-corrected chi connectivity index (χ2v) is 4.57. The summed E-state index contributed by atoms with van der Waals surface area (Å²) in [5, 5.41) is 2.98. The number of nitrogens with one attached hydrogen (secondary N) is 1. The molecule has 0 saturated carbocycles. The monoisotopic (exact) mass is 257 g/mol. The Morgan fingerprint density at radius 1 is 1.37 bits per heavy atom. The Hall–Kier alpha value is -2.30. The van der Waals surface area contributed by atoms with Gasteiger partial charge < -0.3 is 14.6 Å². The molecule has 1 atom stereocenters. The van der Waals surface area contributed by atoms with Gasteiger partial charge in [-0.25, -0.2) is 4.98 Å². The van der Waals surface area contributed by atoms with E-state index in [0.717, 1.165) is 25.3 Å². The van der Waals surface area contributed by atoms with E-state index >= 15 is 0 Å². The van der Waals surface area contributed by atoms with E-state index in [4.69, 9.17) is 4.42 Å². The fraction of sp³-hybridized carbons (Fsp3) is 0.286. The van der Waals surface area contributed by atoms with Gasteiger partial charge in [0.15, 0.2) is 5.76 Å². The Bertz CT molecular complexity index is 539. The Balaban J connectivity index is 1.59. The number of carbonyl (C=O) groups is 1. The Labute approximate surface area is 111 Å². The second kappa shape index (κ2) is 5.14. The minimum Gasteiger partial charge on any atom is -0.459 e. The molecule has 0 aromatic carbocycles. The highest BCUT2D eigenvalue weighted by Crippen LogP contribution is 2.17. The maximum Gasteiger partial charge on any atom is 0.287 e. The van der Waals surface area contributed by atoms with Crippen molar-refractivity contribution in [1.29, 1.82) is 0 Å². The van der Waals surface area contributed by atoms with Gasteiger partial charge in [0, 0.05) is 25.3 Å². The molecule has 2 aromatic heterocycles. The molecule has 1 saturated heterocycles. The smallest absolute Gasteiger partial charge is 0.287 e. The molecule has 0 aliphatic carbocycles. The summed E-state index contributed by atoms with van der Waals surface area (Å²) in [6.45, 7) is 1.68. The van der Waals surface area contributed by atoms with Crippen LogP contribution in [0.1, 0.15) is 17.0 Å². The van der Waals surface area contributed by atoms with Crippen LogP contribution in [0.4, 0.5) is 5.82 Å². The normalized spacial score (nSPS) is 18.5. The quantitative estimate of drug-likeness (QED) is 0.909. The van der Waals surface area contributed by atoms with E-state index in [0.29, 0.717) is 5.76 Å². The molecule has 1 N–H and O–H groups in total. The second-order valence-electron chi connectivity index (χ2n) is 4.57. The van der Waals surface area contributed by atoms with Gasteiger partial charge in [0.25, 0.3) is 5.91 Å². The van der Waals surface area contributed by atoms with Crippen LogP contribution in [0.3, 0.4) is 0 Å². The summed E-state index contributed by atoms with van der Waals surface area (Å²) in [7, 11) is 0. The van der Waals surface area contributed by atoms with Crippen LogP contribution >= 0.6 is 0 Å². The van der Waals surface area contributed by atoms with Gasteiger partial charge in [-0.15, -0.1) is 0 Å². The molecule has 0 unspecified atom stereocenters. The first-order valence-electron chi connectivity index (χ1n) is 6.33. The van der Waals surface area contributed by atoms with Crippen molar-refractivity contribution in [2.75, 3.05) is 18.0 Å². The molecule has 1 amide bonds. The highest BCUT2D eigenvalue weighted by molar-refractivity contribution is 5.91. The van der Waals surface area contributed by atoms with Gasteiger partial charge in [-0.2, -0.15) is 0 Å². The summed E-state index contributed by atoms with van der Waals surface area (Å²) >= 11 is 0. The van der Waals surface area contributed by atoms with E-state index < -0.39 is 0 Å². The number of pyridine rings is 1. The van der Waals surface area contributed by atoms with Crippen LogP contribution in [-0.4, -0.2) is 30.0 Å². The van der Waals surface area contributed by atoms with Gasteiger partial charge in [-0.3, -0.25) is 4.79 Å². The molecule has 19 heavy (non-hydrogen) atoms. The molecular weight excluding hydrogens is 242 g/mol. The third kappa shape index (κ3) is 2.59. The van der Waals surface area contributed by atoms with E-state index in [2.05, 4.69) is 15.2 Å². The number of hydrogen-bond acceptors (Lipinski definition) is 4. The third-order valence-corrected chi connectivity index (χ3v) is 3.24. The molecule has 5 heteroatoms. The molecule has 98 valence electrons. The van der Waals surface area contributed by atoms with Crippen molar-refractivity contribution in [2.24, 2.45) is 0 Å². The number of carbonyl (C=O) groups excluding carboxylic acids is 1. The van der Waals surface area contributed by atoms with Crippen LogP contribution < -0.4 is 10.2 Å². The first-order valence-corrected chi connectivity index (χ1v) is 6.33. The molecule has 1 fully saturated rings. The molecule has 2 aromatic rings. The zero-order valence-electron chi connectivity index (χ0n) is 10.5. The lowest BCUT2D eigenvalue weighted by Gasteiger charge is -2.17. The predicted molar refractivity (Wildman–Crippen MR) is 71.0 cm³/mol.